The van der Waals surface area contributed by atoms with Crippen molar-refractivity contribution < 1.29 is 9.47 Å². The van der Waals surface area contributed by atoms with Crippen LogP contribution >= 0.6 is 0 Å². The Balaban J connectivity index is 2.15. The maximum Gasteiger partial charge on any atom is 0.150 e. The first-order valence-corrected chi connectivity index (χ1v) is 5.02. The first-order chi connectivity index (χ1) is 7.19. The first kappa shape index (κ1) is 10.4. The molecule has 1 aromatic heterocycles. The fourth-order valence-corrected chi connectivity index (χ4v) is 2.06. The maximum absolute atomic E-state index is 5.53. The molecule has 1 fully saturated rings. The number of nitrogens with zero attached hydrogens (tertiary/aromatic N) is 2. The zero-order chi connectivity index (χ0) is 10.9. The van der Waals surface area contributed by atoms with E-state index < -0.39 is 0 Å². The van der Waals surface area contributed by atoms with E-state index in [1.807, 2.05) is 12.3 Å². The van der Waals surface area contributed by atoms with Crippen LogP contribution in [0.25, 0.3) is 0 Å². The second-order valence-corrected chi connectivity index (χ2v) is 4.05. The van der Waals surface area contributed by atoms with Crippen LogP contribution in [-0.4, -0.2) is 49.2 Å². The van der Waals surface area contributed by atoms with Crippen LogP contribution in [-0.2, 0) is 9.47 Å². The maximum atomic E-state index is 5.53. The zero-order valence-electron chi connectivity index (χ0n) is 9.36. The van der Waals surface area contributed by atoms with E-state index in [4.69, 9.17) is 9.47 Å². The molecule has 0 saturated carbocycles. The molecule has 0 unspecified atom stereocenters. The van der Waals surface area contributed by atoms with E-state index >= 15 is 0 Å². The molecule has 0 bridgehead atoms. The summed E-state index contributed by atoms with van der Waals surface area (Å²) >= 11 is 0. The number of hydrogen-bond acceptors (Lipinski definition) is 4. The minimum atomic E-state index is -0.256. The highest BCUT2D eigenvalue weighted by Crippen LogP contribution is 2.29. The third kappa shape index (κ3) is 1.72. The number of aromatic nitrogens is 2. The molecule has 5 nitrogen and oxygen atoms in total. The summed E-state index contributed by atoms with van der Waals surface area (Å²) in [6.07, 6.45) is 1.90. The Hall–Kier alpha value is -1.07. The van der Waals surface area contributed by atoms with Gasteiger partial charge in [-0.3, -0.25) is 5.10 Å². The lowest BCUT2D eigenvalue weighted by Crippen LogP contribution is -2.41. The Morgan fingerprint density at radius 3 is 2.87 bits per heavy atom. The van der Waals surface area contributed by atoms with E-state index in [9.17, 15) is 0 Å². The molecule has 0 aromatic carbocycles. The van der Waals surface area contributed by atoms with Gasteiger partial charge in [0.1, 0.15) is 11.7 Å². The number of hydrogen-bond donors (Lipinski definition) is 1. The van der Waals surface area contributed by atoms with Crippen LogP contribution in [0.2, 0.25) is 0 Å². The second kappa shape index (κ2) is 3.83. The molecular formula is C10H17N3O2. The van der Waals surface area contributed by atoms with Gasteiger partial charge in [-0.25, -0.2) is 0 Å². The predicted octanol–water partition coefficient (Wildman–Crippen LogP) is 0.650. The largest absolute Gasteiger partial charge is 0.377 e. The van der Waals surface area contributed by atoms with Crippen LogP contribution in [0.15, 0.2) is 12.3 Å². The molecular weight excluding hydrogens is 194 g/mol. The monoisotopic (exact) mass is 211 g/mol. The third-order valence-electron chi connectivity index (χ3n) is 3.13. The van der Waals surface area contributed by atoms with E-state index in [1.165, 1.54) is 0 Å². The third-order valence-corrected chi connectivity index (χ3v) is 3.13. The molecule has 2 rings (SSSR count). The van der Waals surface area contributed by atoms with Crippen molar-refractivity contribution in [3.63, 3.8) is 0 Å². The van der Waals surface area contributed by atoms with Crippen molar-refractivity contribution in [3.8, 4) is 0 Å². The highest BCUT2D eigenvalue weighted by molar-refractivity contribution is 5.40. The van der Waals surface area contributed by atoms with E-state index in [2.05, 4.69) is 22.0 Å². The summed E-state index contributed by atoms with van der Waals surface area (Å²) in [5.74, 6) is 0.942. The molecule has 0 radical (unpaired) electrons. The summed E-state index contributed by atoms with van der Waals surface area (Å²) in [7, 11) is 3.44. The molecule has 2 atom stereocenters. The molecule has 1 aliphatic heterocycles. The SMILES string of the molecule is CO[C@H]1CN(c2cc[nH]n2)C[C@@]1(C)OC. The molecule has 1 aromatic rings. The number of methoxy groups -OCH3 is 2. The summed E-state index contributed by atoms with van der Waals surface area (Å²) in [4.78, 5) is 2.16. The van der Waals surface area contributed by atoms with Crippen molar-refractivity contribution in [2.24, 2.45) is 0 Å². The summed E-state index contributed by atoms with van der Waals surface area (Å²) in [6.45, 7) is 3.67. The Labute approximate surface area is 89.4 Å². The van der Waals surface area contributed by atoms with Crippen LogP contribution in [0.3, 0.4) is 0 Å². The van der Waals surface area contributed by atoms with Crippen LogP contribution in [0, 0.1) is 0 Å². The molecule has 5 heteroatoms. The van der Waals surface area contributed by atoms with E-state index in [1.54, 1.807) is 14.2 Å². The molecule has 2 heterocycles. The first-order valence-electron chi connectivity index (χ1n) is 5.02. The van der Waals surface area contributed by atoms with Gasteiger partial charge in [-0.05, 0) is 6.92 Å². The van der Waals surface area contributed by atoms with Gasteiger partial charge >= 0.3 is 0 Å². The van der Waals surface area contributed by atoms with Crippen molar-refractivity contribution in [1.29, 1.82) is 0 Å². The molecule has 0 amide bonds. The van der Waals surface area contributed by atoms with E-state index in [0.29, 0.717) is 0 Å². The Kier molecular flexibility index (Phi) is 2.67. The van der Waals surface area contributed by atoms with Gasteiger partial charge in [0.25, 0.3) is 0 Å². The summed E-state index contributed by atoms with van der Waals surface area (Å²) < 4.78 is 11.0. The van der Waals surface area contributed by atoms with Gasteiger partial charge in [0.15, 0.2) is 5.82 Å². The lowest BCUT2D eigenvalue weighted by atomic mass is 10.0. The van der Waals surface area contributed by atoms with Gasteiger partial charge in [0.05, 0.1) is 6.54 Å². The normalized spacial score (nSPS) is 31.1. The molecule has 1 N–H and O–H groups in total. The highest BCUT2D eigenvalue weighted by Gasteiger charge is 2.44. The number of rotatable bonds is 3. The van der Waals surface area contributed by atoms with Crippen molar-refractivity contribution in [1.82, 2.24) is 10.2 Å². The van der Waals surface area contributed by atoms with Gasteiger partial charge in [0, 0.05) is 33.0 Å². The number of H-pyrrole nitrogens is 1. The van der Waals surface area contributed by atoms with Gasteiger partial charge in [-0.1, -0.05) is 0 Å². The van der Waals surface area contributed by atoms with Gasteiger partial charge in [-0.15, -0.1) is 0 Å². The average molecular weight is 211 g/mol. The molecule has 1 aliphatic rings. The quantitative estimate of drug-likeness (QED) is 0.797. The minimum Gasteiger partial charge on any atom is -0.377 e. The Morgan fingerprint density at radius 2 is 2.40 bits per heavy atom. The zero-order valence-corrected chi connectivity index (χ0v) is 9.36. The lowest BCUT2D eigenvalue weighted by molar-refractivity contribution is -0.0746. The van der Waals surface area contributed by atoms with Gasteiger partial charge < -0.3 is 14.4 Å². The minimum absolute atomic E-state index is 0.0826. The highest BCUT2D eigenvalue weighted by atomic mass is 16.5. The fourth-order valence-electron chi connectivity index (χ4n) is 2.06. The van der Waals surface area contributed by atoms with Crippen LogP contribution in [0.5, 0.6) is 0 Å². The van der Waals surface area contributed by atoms with E-state index in [-0.39, 0.29) is 11.7 Å². The van der Waals surface area contributed by atoms with Crippen LogP contribution < -0.4 is 4.90 Å². The summed E-state index contributed by atoms with van der Waals surface area (Å²) in [5, 5.41) is 6.97. The topological polar surface area (TPSA) is 50.4 Å². The molecule has 1 saturated heterocycles. The smallest absolute Gasteiger partial charge is 0.150 e. The van der Waals surface area contributed by atoms with Crippen molar-refractivity contribution in [2.75, 3.05) is 32.2 Å². The van der Waals surface area contributed by atoms with Crippen LogP contribution in [0.4, 0.5) is 5.82 Å². The fraction of sp³-hybridized carbons (Fsp3) is 0.700. The van der Waals surface area contributed by atoms with Gasteiger partial charge in [0.2, 0.25) is 0 Å². The summed E-state index contributed by atoms with van der Waals surface area (Å²) in [6, 6.07) is 1.95. The Morgan fingerprint density at radius 1 is 1.60 bits per heavy atom. The number of nitrogens with one attached hydrogen (secondary N) is 1. The van der Waals surface area contributed by atoms with Crippen molar-refractivity contribution in [2.45, 2.75) is 18.6 Å². The number of anilines is 1. The van der Waals surface area contributed by atoms with Crippen molar-refractivity contribution in [3.05, 3.63) is 12.3 Å². The number of aromatic amines is 1. The second-order valence-electron chi connectivity index (χ2n) is 4.05. The predicted molar refractivity (Wildman–Crippen MR) is 57.0 cm³/mol. The van der Waals surface area contributed by atoms with Gasteiger partial charge in [-0.2, -0.15) is 5.10 Å². The molecule has 0 aliphatic carbocycles. The Bertz CT molecular complexity index is 314. The molecule has 84 valence electrons. The molecule has 0 spiro atoms. The van der Waals surface area contributed by atoms with Crippen LogP contribution in [0.1, 0.15) is 6.92 Å². The summed E-state index contributed by atoms with van der Waals surface area (Å²) in [5.41, 5.74) is -0.256. The average Bonchev–Trinajstić information content (AvgIpc) is 2.85. The van der Waals surface area contributed by atoms with E-state index in [0.717, 1.165) is 18.9 Å². The standard InChI is InChI=1S/C10H17N3O2/c1-10(15-3)7-13(6-8(10)14-2)9-4-5-11-12-9/h4-5,8H,6-7H2,1-3H3,(H,11,12)/t8-,10+/m0/s1. The van der Waals surface area contributed by atoms with Crippen molar-refractivity contribution >= 4 is 5.82 Å². The number of ether oxygens (including phenoxy) is 2. The lowest BCUT2D eigenvalue weighted by Gasteiger charge is -2.27. The molecule has 15 heavy (non-hydrogen) atoms.